The van der Waals surface area contributed by atoms with Crippen molar-refractivity contribution < 1.29 is 4.79 Å². The lowest BCUT2D eigenvalue weighted by molar-refractivity contribution is 0.0950. The second kappa shape index (κ2) is 7.17. The normalized spacial score (nSPS) is 10.4. The third-order valence-electron chi connectivity index (χ3n) is 2.92. The van der Waals surface area contributed by atoms with E-state index in [0.29, 0.717) is 12.1 Å². The molecule has 2 N–H and O–H groups in total. The number of rotatable bonds is 6. The molecule has 1 amide bonds. The Bertz CT molecular complexity index is 624. The summed E-state index contributed by atoms with van der Waals surface area (Å²) in [6, 6.07) is 3.56. The number of carbonyl (C=O) groups is 1. The average Bonchev–Trinajstić information content (AvgIpc) is 2.92. The SMILES string of the molecule is CCNc1cc(C(=O)NCc2ncc(CC)s2)cc(C)n1. The molecule has 0 aliphatic heterocycles. The molecule has 112 valence electrons. The first kappa shape index (κ1) is 15.4. The number of hydrogen-bond acceptors (Lipinski definition) is 5. The van der Waals surface area contributed by atoms with E-state index >= 15 is 0 Å². The van der Waals surface area contributed by atoms with Crippen LogP contribution in [0.4, 0.5) is 5.82 Å². The van der Waals surface area contributed by atoms with Crippen LogP contribution >= 0.6 is 11.3 Å². The van der Waals surface area contributed by atoms with Gasteiger partial charge in [0.15, 0.2) is 0 Å². The molecule has 0 fully saturated rings. The zero-order valence-electron chi connectivity index (χ0n) is 12.6. The Morgan fingerprint density at radius 3 is 2.81 bits per heavy atom. The molecule has 0 bridgehead atoms. The van der Waals surface area contributed by atoms with Crippen molar-refractivity contribution in [1.29, 1.82) is 0 Å². The first-order chi connectivity index (χ1) is 10.1. The molecule has 0 atom stereocenters. The van der Waals surface area contributed by atoms with E-state index in [9.17, 15) is 4.79 Å². The van der Waals surface area contributed by atoms with Gasteiger partial charge in [-0.05, 0) is 32.4 Å². The van der Waals surface area contributed by atoms with Crippen molar-refractivity contribution in [3.05, 3.63) is 39.5 Å². The summed E-state index contributed by atoms with van der Waals surface area (Å²) in [5.41, 5.74) is 1.44. The summed E-state index contributed by atoms with van der Waals surface area (Å²) < 4.78 is 0. The third kappa shape index (κ3) is 4.26. The van der Waals surface area contributed by atoms with Gasteiger partial charge in [0.25, 0.3) is 5.91 Å². The standard InChI is InChI=1S/C15H20N4OS/c1-4-12-8-17-14(21-12)9-18-15(20)11-6-10(3)19-13(7-11)16-5-2/h6-8H,4-5,9H2,1-3H3,(H,16,19)(H,18,20). The number of thiazole rings is 1. The van der Waals surface area contributed by atoms with E-state index in [0.717, 1.165) is 29.5 Å². The Balaban J connectivity index is 2.02. The van der Waals surface area contributed by atoms with E-state index in [-0.39, 0.29) is 5.91 Å². The third-order valence-corrected chi connectivity index (χ3v) is 4.07. The number of carbonyl (C=O) groups excluding carboxylic acids is 1. The van der Waals surface area contributed by atoms with Crippen LogP contribution in [0.25, 0.3) is 0 Å². The first-order valence-corrected chi connectivity index (χ1v) is 7.88. The molecule has 21 heavy (non-hydrogen) atoms. The highest BCUT2D eigenvalue weighted by Gasteiger charge is 2.09. The van der Waals surface area contributed by atoms with Gasteiger partial charge in [-0.2, -0.15) is 0 Å². The van der Waals surface area contributed by atoms with E-state index in [1.165, 1.54) is 4.88 Å². The van der Waals surface area contributed by atoms with Crippen LogP contribution in [0.15, 0.2) is 18.3 Å². The van der Waals surface area contributed by atoms with Crippen LogP contribution < -0.4 is 10.6 Å². The second-order valence-corrected chi connectivity index (χ2v) is 5.87. The molecule has 2 heterocycles. The van der Waals surface area contributed by atoms with Crippen molar-refractivity contribution in [1.82, 2.24) is 15.3 Å². The highest BCUT2D eigenvalue weighted by molar-refractivity contribution is 7.11. The zero-order chi connectivity index (χ0) is 15.2. The smallest absolute Gasteiger partial charge is 0.251 e. The molecule has 5 nitrogen and oxygen atoms in total. The minimum absolute atomic E-state index is 0.104. The fourth-order valence-corrected chi connectivity index (χ4v) is 2.72. The lowest BCUT2D eigenvalue weighted by atomic mass is 10.2. The van der Waals surface area contributed by atoms with Gasteiger partial charge in [0.2, 0.25) is 0 Å². The molecule has 0 radical (unpaired) electrons. The summed E-state index contributed by atoms with van der Waals surface area (Å²) in [6.07, 6.45) is 2.84. The zero-order valence-corrected chi connectivity index (χ0v) is 13.4. The molecule has 6 heteroatoms. The number of aromatic nitrogens is 2. The van der Waals surface area contributed by atoms with E-state index in [2.05, 4.69) is 27.5 Å². The van der Waals surface area contributed by atoms with Gasteiger partial charge in [-0.25, -0.2) is 9.97 Å². The van der Waals surface area contributed by atoms with Crippen LogP contribution in [-0.2, 0) is 13.0 Å². The summed E-state index contributed by atoms with van der Waals surface area (Å²) in [5.74, 6) is 0.623. The monoisotopic (exact) mass is 304 g/mol. The topological polar surface area (TPSA) is 66.9 Å². The molecule has 0 saturated heterocycles. The van der Waals surface area contributed by atoms with E-state index in [1.54, 1.807) is 23.5 Å². The molecule has 0 aliphatic carbocycles. The average molecular weight is 304 g/mol. The molecule has 0 aliphatic rings. The quantitative estimate of drug-likeness (QED) is 0.861. The van der Waals surface area contributed by atoms with Crippen LogP contribution in [0.5, 0.6) is 0 Å². The molecular weight excluding hydrogens is 284 g/mol. The molecule has 0 aromatic carbocycles. The van der Waals surface area contributed by atoms with Gasteiger partial charge in [0.05, 0.1) is 6.54 Å². The summed E-state index contributed by atoms with van der Waals surface area (Å²) in [4.78, 5) is 22.1. The maximum atomic E-state index is 12.2. The van der Waals surface area contributed by atoms with E-state index in [4.69, 9.17) is 0 Å². The van der Waals surface area contributed by atoms with Crippen LogP contribution in [0.2, 0.25) is 0 Å². The Hall–Kier alpha value is -1.95. The van der Waals surface area contributed by atoms with Crippen molar-refractivity contribution in [3.63, 3.8) is 0 Å². The molecule has 2 rings (SSSR count). The summed E-state index contributed by atoms with van der Waals surface area (Å²) in [7, 11) is 0. The van der Waals surface area contributed by atoms with Gasteiger partial charge in [-0.15, -0.1) is 11.3 Å². The van der Waals surface area contributed by atoms with Crippen LogP contribution in [-0.4, -0.2) is 22.4 Å². The summed E-state index contributed by atoms with van der Waals surface area (Å²) in [6.45, 7) is 7.21. The summed E-state index contributed by atoms with van der Waals surface area (Å²) >= 11 is 1.63. The molecule has 0 saturated carbocycles. The predicted molar refractivity (Wildman–Crippen MR) is 85.8 cm³/mol. The number of aryl methyl sites for hydroxylation is 2. The van der Waals surface area contributed by atoms with Gasteiger partial charge in [-0.3, -0.25) is 4.79 Å². The molecule has 0 spiro atoms. The number of anilines is 1. The van der Waals surface area contributed by atoms with E-state index < -0.39 is 0 Å². The van der Waals surface area contributed by atoms with Gasteiger partial charge in [-0.1, -0.05) is 6.92 Å². The molecule has 2 aromatic heterocycles. The lowest BCUT2D eigenvalue weighted by Gasteiger charge is -2.08. The van der Waals surface area contributed by atoms with Gasteiger partial charge in [0.1, 0.15) is 10.8 Å². The summed E-state index contributed by atoms with van der Waals surface area (Å²) in [5, 5.41) is 6.96. The van der Waals surface area contributed by atoms with Crippen molar-refractivity contribution in [2.45, 2.75) is 33.7 Å². The Labute approximate surface area is 128 Å². The lowest BCUT2D eigenvalue weighted by Crippen LogP contribution is -2.23. The highest BCUT2D eigenvalue weighted by atomic mass is 32.1. The first-order valence-electron chi connectivity index (χ1n) is 7.06. The van der Waals surface area contributed by atoms with Crippen molar-refractivity contribution in [2.75, 3.05) is 11.9 Å². The van der Waals surface area contributed by atoms with Crippen molar-refractivity contribution >= 4 is 23.1 Å². The molecule has 2 aromatic rings. The Kier molecular flexibility index (Phi) is 5.27. The number of hydrogen-bond donors (Lipinski definition) is 2. The fourth-order valence-electron chi connectivity index (χ4n) is 1.92. The number of pyridine rings is 1. The Morgan fingerprint density at radius 1 is 1.33 bits per heavy atom. The van der Waals surface area contributed by atoms with Gasteiger partial charge < -0.3 is 10.6 Å². The van der Waals surface area contributed by atoms with Crippen LogP contribution in [0, 0.1) is 6.92 Å². The van der Waals surface area contributed by atoms with Crippen molar-refractivity contribution in [3.8, 4) is 0 Å². The van der Waals surface area contributed by atoms with Gasteiger partial charge >= 0.3 is 0 Å². The largest absolute Gasteiger partial charge is 0.370 e. The molecular formula is C15H20N4OS. The number of nitrogens with one attached hydrogen (secondary N) is 2. The van der Waals surface area contributed by atoms with E-state index in [1.807, 2.05) is 20.0 Å². The Morgan fingerprint density at radius 2 is 2.14 bits per heavy atom. The minimum atomic E-state index is -0.104. The minimum Gasteiger partial charge on any atom is -0.370 e. The van der Waals surface area contributed by atoms with Crippen LogP contribution in [0.1, 0.15) is 39.8 Å². The van der Waals surface area contributed by atoms with Crippen LogP contribution in [0.3, 0.4) is 0 Å². The predicted octanol–water partition coefficient (Wildman–Crippen LogP) is 2.77. The fraction of sp³-hybridized carbons (Fsp3) is 0.400. The second-order valence-electron chi connectivity index (χ2n) is 4.67. The number of nitrogens with zero attached hydrogens (tertiary/aromatic N) is 2. The maximum absolute atomic E-state index is 12.2. The number of amides is 1. The van der Waals surface area contributed by atoms with Gasteiger partial charge in [0, 0.05) is 28.9 Å². The maximum Gasteiger partial charge on any atom is 0.251 e. The van der Waals surface area contributed by atoms with Crippen molar-refractivity contribution in [2.24, 2.45) is 0 Å². The molecule has 0 unspecified atom stereocenters. The highest BCUT2D eigenvalue weighted by Crippen LogP contribution is 2.14.